The third kappa shape index (κ3) is 4.31. The third-order valence-electron chi connectivity index (χ3n) is 5.26. The van der Waals surface area contributed by atoms with Crippen molar-refractivity contribution in [3.05, 3.63) is 41.5 Å². The van der Waals surface area contributed by atoms with Gasteiger partial charge in [-0.25, -0.2) is 4.79 Å². The van der Waals surface area contributed by atoms with Gasteiger partial charge in [-0.3, -0.25) is 0 Å². The van der Waals surface area contributed by atoms with Crippen molar-refractivity contribution >= 4 is 6.03 Å². The molecule has 2 N–H and O–H groups in total. The second-order valence-electron chi connectivity index (χ2n) is 6.98. The summed E-state index contributed by atoms with van der Waals surface area (Å²) in [6, 6.07) is 8.16. The van der Waals surface area contributed by atoms with Crippen molar-refractivity contribution in [1.82, 2.24) is 10.6 Å². The summed E-state index contributed by atoms with van der Waals surface area (Å²) in [6.07, 6.45) is 10.6. The van der Waals surface area contributed by atoms with Crippen LogP contribution in [0.5, 0.6) is 5.75 Å². The Morgan fingerprint density at radius 2 is 1.96 bits per heavy atom. The Labute approximate surface area is 144 Å². The van der Waals surface area contributed by atoms with Gasteiger partial charge in [-0.1, -0.05) is 23.8 Å². The molecule has 4 nitrogen and oxygen atoms in total. The second kappa shape index (κ2) is 7.73. The van der Waals surface area contributed by atoms with Crippen molar-refractivity contribution in [2.75, 3.05) is 20.2 Å². The van der Waals surface area contributed by atoms with E-state index in [0.29, 0.717) is 6.54 Å². The van der Waals surface area contributed by atoms with Crippen molar-refractivity contribution in [1.29, 1.82) is 0 Å². The van der Waals surface area contributed by atoms with Crippen LogP contribution in [0.2, 0.25) is 0 Å². The average molecular weight is 328 g/mol. The van der Waals surface area contributed by atoms with Crippen LogP contribution in [0, 0.1) is 0 Å². The van der Waals surface area contributed by atoms with Gasteiger partial charge in [0.05, 0.1) is 7.11 Å². The van der Waals surface area contributed by atoms with Crippen LogP contribution in [-0.4, -0.2) is 26.2 Å². The summed E-state index contributed by atoms with van der Waals surface area (Å²) in [5, 5.41) is 6.04. The maximum absolute atomic E-state index is 12.0. The third-order valence-corrected chi connectivity index (χ3v) is 5.26. The number of allylic oxidation sites excluding steroid dienone is 1. The lowest BCUT2D eigenvalue weighted by molar-refractivity contribution is 0.240. The zero-order valence-electron chi connectivity index (χ0n) is 14.6. The van der Waals surface area contributed by atoms with E-state index in [9.17, 15) is 4.79 Å². The summed E-state index contributed by atoms with van der Waals surface area (Å²) >= 11 is 0. The van der Waals surface area contributed by atoms with Crippen LogP contribution in [0.15, 0.2) is 35.9 Å². The fourth-order valence-electron chi connectivity index (χ4n) is 3.44. The fraction of sp³-hybridized carbons (Fsp3) is 0.550. The number of hydrogen-bond acceptors (Lipinski definition) is 2. The molecule has 0 radical (unpaired) electrons. The summed E-state index contributed by atoms with van der Waals surface area (Å²) < 4.78 is 5.21. The molecule has 0 bridgehead atoms. The molecule has 1 fully saturated rings. The van der Waals surface area contributed by atoms with Crippen molar-refractivity contribution < 1.29 is 9.53 Å². The topological polar surface area (TPSA) is 50.4 Å². The van der Waals surface area contributed by atoms with Crippen molar-refractivity contribution in [3.8, 4) is 5.75 Å². The monoisotopic (exact) mass is 328 g/mol. The largest absolute Gasteiger partial charge is 0.497 e. The van der Waals surface area contributed by atoms with Gasteiger partial charge < -0.3 is 15.4 Å². The maximum atomic E-state index is 12.0. The van der Waals surface area contributed by atoms with E-state index in [-0.39, 0.29) is 11.4 Å². The molecule has 1 aromatic carbocycles. The van der Waals surface area contributed by atoms with Crippen LogP contribution in [0.25, 0.3) is 0 Å². The SMILES string of the molecule is COc1ccc(C2(CNC(=O)NCCC3=CCCCC3)CC2)cc1. The minimum Gasteiger partial charge on any atom is -0.497 e. The molecule has 2 amide bonds. The number of rotatable bonds is 7. The van der Waals surface area contributed by atoms with E-state index in [1.807, 2.05) is 12.1 Å². The molecule has 130 valence electrons. The first-order valence-corrected chi connectivity index (χ1v) is 9.06. The Balaban J connectivity index is 1.41. The van der Waals surface area contributed by atoms with Crippen LogP contribution in [-0.2, 0) is 5.41 Å². The number of carbonyl (C=O) groups excluding carboxylic acids is 1. The molecule has 0 spiro atoms. The fourth-order valence-corrected chi connectivity index (χ4v) is 3.44. The van der Waals surface area contributed by atoms with E-state index in [4.69, 9.17) is 4.74 Å². The number of methoxy groups -OCH3 is 1. The van der Waals surface area contributed by atoms with E-state index >= 15 is 0 Å². The van der Waals surface area contributed by atoms with Crippen LogP contribution in [0.4, 0.5) is 4.79 Å². The highest BCUT2D eigenvalue weighted by molar-refractivity contribution is 5.74. The van der Waals surface area contributed by atoms with Crippen molar-refractivity contribution in [2.24, 2.45) is 0 Å². The predicted molar refractivity (Wildman–Crippen MR) is 96.5 cm³/mol. The normalized spacial score (nSPS) is 18.5. The first-order chi connectivity index (χ1) is 11.7. The van der Waals surface area contributed by atoms with Crippen molar-refractivity contribution in [2.45, 2.75) is 50.4 Å². The number of hydrogen-bond donors (Lipinski definition) is 2. The zero-order chi connectivity index (χ0) is 16.8. The zero-order valence-corrected chi connectivity index (χ0v) is 14.6. The van der Waals surface area contributed by atoms with Gasteiger partial charge in [-0.2, -0.15) is 0 Å². The van der Waals surface area contributed by atoms with Gasteiger partial charge in [0.15, 0.2) is 0 Å². The van der Waals surface area contributed by atoms with Crippen LogP contribution < -0.4 is 15.4 Å². The highest BCUT2D eigenvalue weighted by Gasteiger charge is 2.44. The van der Waals surface area contributed by atoms with Crippen LogP contribution in [0.1, 0.15) is 50.5 Å². The van der Waals surface area contributed by atoms with E-state index in [1.54, 1.807) is 7.11 Å². The number of amides is 2. The lowest BCUT2D eigenvalue weighted by Crippen LogP contribution is -2.40. The lowest BCUT2D eigenvalue weighted by atomic mass is 9.96. The summed E-state index contributed by atoms with van der Waals surface area (Å²) in [4.78, 5) is 12.0. The molecular weight excluding hydrogens is 300 g/mol. The second-order valence-corrected chi connectivity index (χ2v) is 6.98. The molecule has 0 aliphatic heterocycles. The maximum Gasteiger partial charge on any atom is 0.314 e. The van der Waals surface area contributed by atoms with Crippen LogP contribution in [0.3, 0.4) is 0 Å². The number of benzene rings is 1. The molecule has 2 aliphatic carbocycles. The van der Waals surface area contributed by atoms with E-state index < -0.39 is 0 Å². The highest BCUT2D eigenvalue weighted by atomic mass is 16.5. The molecule has 0 heterocycles. The Bertz CT molecular complexity index is 588. The van der Waals surface area contributed by atoms with E-state index in [0.717, 1.165) is 31.6 Å². The van der Waals surface area contributed by atoms with Crippen LogP contribution >= 0.6 is 0 Å². The number of carbonyl (C=O) groups is 1. The Morgan fingerprint density at radius 3 is 2.58 bits per heavy atom. The summed E-state index contributed by atoms with van der Waals surface area (Å²) in [6.45, 7) is 1.43. The molecule has 1 aromatic rings. The first-order valence-electron chi connectivity index (χ1n) is 9.06. The quantitative estimate of drug-likeness (QED) is 0.746. The smallest absolute Gasteiger partial charge is 0.314 e. The first kappa shape index (κ1) is 16.9. The summed E-state index contributed by atoms with van der Waals surface area (Å²) in [5.41, 5.74) is 2.91. The van der Waals surface area contributed by atoms with Gasteiger partial charge in [0, 0.05) is 18.5 Å². The molecule has 0 atom stereocenters. The summed E-state index contributed by atoms with van der Waals surface area (Å²) in [5.74, 6) is 0.872. The highest BCUT2D eigenvalue weighted by Crippen LogP contribution is 2.47. The Kier molecular flexibility index (Phi) is 5.44. The van der Waals surface area contributed by atoms with E-state index in [2.05, 4.69) is 28.8 Å². The molecular formula is C20H28N2O2. The molecule has 24 heavy (non-hydrogen) atoms. The Hall–Kier alpha value is -1.97. The predicted octanol–water partition coefficient (Wildman–Crippen LogP) is 3.92. The molecule has 0 unspecified atom stereocenters. The average Bonchev–Trinajstić information content (AvgIpc) is 3.42. The number of urea groups is 1. The number of nitrogens with one attached hydrogen (secondary N) is 2. The van der Waals surface area contributed by atoms with Gasteiger partial charge in [-0.15, -0.1) is 0 Å². The molecule has 2 aliphatic rings. The molecule has 0 saturated heterocycles. The number of ether oxygens (including phenoxy) is 1. The molecule has 4 heteroatoms. The molecule has 3 rings (SSSR count). The lowest BCUT2D eigenvalue weighted by Gasteiger charge is -2.18. The van der Waals surface area contributed by atoms with Crippen molar-refractivity contribution in [3.63, 3.8) is 0 Å². The van der Waals surface area contributed by atoms with Gasteiger partial charge in [0.1, 0.15) is 5.75 Å². The van der Waals surface area contributed by atoms with E-state index in [1.165, 1.54) is 36.8 Å². The molecule has 1 saturated carbocycles. The Morgan fingerprint density at radius 1 is 1.17 bits per heavy atom. The van der Waals surface area contributed by atoms with Gasteiger partial charge in [-0.05, 0) is 62.6 Å². The minimum atomic E-state index is -0.0498. The molecule has 0 aromatic heterocycles. The minimum absolute atomic E-state index is 0.0498. The van der Waals surface area contributed by atoms with Gasteiger partial charge >= 0.3 is 6.03 Å². The standard InChI is InChI=1S/C20H28N2O2/c1-24-18-9-7-17(8-10-18)20(12-13-20)15-22-19(23)21-14-11-16-5-3-2-4-6-16/h5,7-10H,2-4,6,11-15H2,1H3,(H2,21,22,23). The summed E-state index contributed by atoms with van der Waals surface area (Å²) in [7, 11) is 1.68. The van der Waals surface area contributed by atoms with Gasteiger partial charge in [0.2, 0.25) is 0 Å². The van der Waals surface area contributed by atoms with Gasteiger partial charge in [0.25, 0.3) is 0 Å².